The molecular formula is C12H13BrO3. The Kier molecular flexibility index (Phi) is 2.20. The minimum Gasteiger partial charge on any atom is -0.454 e. The highest BCUT2D eigenvalue weighted by Gasteiger charge is 2.42. The first-order valence-electron chi connectivity index (χ1n) is 5.39. The molecule has 0 radical (unpaired) electrons. The Morgan fingerprint density at radius 1 is 1.44 bits per heavy atom. The molecule has 3 nitrogen and oxygen atoms in total. The van der Waals surface area contributed by atoms with Crippen LogP contribution >= 0.6 is 15.9 Å². The molecule has 1 aromatic rings. The molecule has 4 heteroatoms. The first kappa shape index (κ1) is 10.4. The van der Waals surface area contributed by atoms with E-state index in [1.54, 1.807) is 0 Å². The van der Waals surface area contributed by atoms with Gasteiger partial charge in [0.2, 0.25) is 6.79 Å². The SMILES string of the molecule is Cc1c(Br)cc2c(c1CC1(O)CC1)OCO2. The largest absolute Gasteiger partial charge is 0.454 e. The third kappa shape index (κ3) is 1.60. The third-order valence-electron chi connectivity index (χ3n) is 3.32. The number of ether oxygens (including phenoxy) is 2. The van der Waals surface area contributed by atoms with Crippen molar-refractivity contribution in [2.45, 2.75) is 31.8 Å². The van der Waals surface area contributed by atoms with Gasteiger partial charge in [-0.15, -0.1) is 0 Å². The fourth-order valence-electron chi connectivity index (χ4n) is 2.03. The Bertz CT molecular complexity index is 452. The van der Waals surface area contributed by atoms with Gasteiger partial charge in [-0.25, -0.2) is 0 Å². The number of halogens is 1. The molecule has 1 aromatic carbocycles. The molecular weight excluding hydrogens is 272 g/mol. The molecule has 3 rings (SSSR count). The maximum atomic E-state index is 10.0. The van der Waals surface area contributed by atoms with Gasteiger partial charge in [-0.2, -0.15) is 0 Å². The van der Waals surface area contributed by atoms with E-state index in [1.165, 1.54) is 0 Å². The number of fused-ring (bicyclic) bond motifs is 1. The summed E-state index contributed by atoms with van der Waals surface area (Å²) >= 11 is 3.51. The van der Waals surface area contributed by atoms with Crippen molar-refractivity contribution in [3.8, 4) is 11.5 Å². The Morgan fingerprint density at radius 2 is 2.19 bits per heavy atom. The molecule has 0 unspecified atom stereocenters. The van der Waals surface area contributed by atoms with Gasteiger partial charge in [-0.1, -0.05) is 15.9 Å². The monoisotopic (exact) mass is 284 g/mol. The van der Waals surface area contributed by atoms with Crippen LogP contribution in [0, 0.1) is 6.92 Å². The second-order valence-corrected chi connectivity index (χ2v) is 5.45. The van der Waals surface area contributed by atoms with Crippen LogP contribution in [0.15, 0.2) is 10.5 Å². The van der Waals surface area contributed by atoms with E-state index in [4.69, 9.17) is 9.47 Å². The topological polar surface area (TPSA) is 38.7 Å². The number of aliphatic hydroxyl groups is 1. The highest BCUT2D eigenvalue weighted by atomic mass is 79.9. The van der Waals surface area contributed by atoms with Crippen molar-refractivity contribution >= 4 is 15.9 Å². The highest BCUT2D eigenvalue weighted by Crippen LogP contribution is 2.46. The minimum absolute atomic E-state index is 0.274. The molecule has 1 heterocycles. The van der Waals surface area contributed by atoms with E-state index >= 15 is 0 Å². The van der Waals surface area contributed by atoms with E-state index in [0.29, 0.717) is 6.42 Å². The smallest absolute Gasteiger partial charge is 0.231 e. The molecule has 0 amide bonds. The van der Waals surface area contributed by atoms with Crippen LogP contribution in [0.3, 0.4) is 0 Å². The number of benzene rings is 1. The van der Waals surface area contributed by atoms with Gasteiger partial charge >= 0.3 is 0 Å². The first-order valence-corrected chi connectivity index (χ1v) is 6.18. The Labute approximate surface area is 102 Å². The summed E-state index contributed by atoms with van der Waals surface area (Å²) in [7, 11) is 0. The number of hydrogen-bond donors (Lipinski definition) is 1. The van der Waals surface area contributed by atoms with Crippen LogP contribution in [0.4, 0.5) is 0 Å². The van der Waals surface area contributed by atoms with Crippen LogP contribution < -0.4 is 9.47 Å². The first-order chi connectivity index (χ1) is 7.59. The summed E-state index contributed by atoms with van der Waals surface area (Å²) < 4.78 is 11.9. The molecule has 86 valence electrons. The summed E-state index contributed by atoms with van der Waals surface area (Å²) in [6, 6.07) is 1.93. The standard InChI is InChI=1S/C12H13BrO3/c1-7-8(5-12(14)2-3-12)11-10(4-9(7)13)15-6-16-11/h4,14H,2-3,5-6H2,1H3. The van der Waals surface area contributed by atoms with Crippen molar-refractivity contribution in [1.82, 2.24) is 0 Å². The van der Waals surface area contributed by atoms with Gasteiger partial charge in [0.15, 0.2) is 11.5 Å². The molecule has 0 saturated heterocycles. The van der Waals surface area contributed by atoms with E-state index in [-0.39, 0.29) is 6.79 Å². The average Bonchev–Trinajstić information content (AvgIpc) is 2.77. The molecule has 16 heavy (non-hydrogen) atoms. The molecule has 0 bridgehead atoms. The number of hydrogen-bond acceptors (Lipinski definition) is 3. The highest BCUT2D eigenvalue weighted by molar-refractivity contribution is 9.10. The van der Waals surface area contributed by atoms with E-state index in [1.807, 2.05) is 13.0 Å². The third-order valence-corrected chi connectivity index (χ3v) is 4.14. The summed E-state index contributed by atoms with van der Waals surface area (Å²) in [5, 5.41) is 10.0. The maximum absolute atomic E-state index is 10.0. The van der Waals surface area contributed by atoms with Crippen molar-refractivity contribution in [2.24, 2.45) is 0 Å². The maximum Gasteiger partial charge on any atom is 0.231 e. The van der Waals surface area contributed by atoms with Crippen LogP contribution in [0.1, 0.15) is 24.0 Å². The lowest BCUT2D eigenvalue weighted by Crippen LogP contribution is -2.12. The van der Waals surface area contributed by atoms with Crippen LogP contribution in [-0.4, -0.2) is 17.5 Å². The normalized spacial score (nSPS) is 19.9. The molecule has 0 atom stereocenters. The number of rotatable bonds is 2. The molecule has 0 spiro atoms. The van der Waals surface area contributed by atoms with Crippen LogP contribution in [0.2, 0.25) is 0 Å². The minimum atomic E-state index is -0.509. The zero-order valence-corrected chi connectivity index (χ0v) is 10.6. The van der Waals surface area contributed by atoms with E-state index in [2.05, 4.69) is 15.9 Å². The van der Waals surface area contributed by atoms with E-state index < -0.39 is 5.60 Å². The predicted octanol–water partition coefficient (Wildman–Crippen LogP) is 2.55. The lowest BCUT2D eigenvalue weighted by molar-refractivity contribution is 0.147. The zero-order chi connectivity index (χ0) is 11.3. The molecule has 1 fully saturated rings. The average molecular weight is 285 g/mol. The lowest BCUT2D eigenvalue weighted by Gasteiger charge is -2.14. The molecule has 1 aliphatic heterocycles. The van der Waals surface area contributed by atoms with Gasteiger partial charge in [0.05, 0.1) is 5.60 Å². The lowest BCUT2D eigenvalue weighted by atomic mass is 9.99. The van der Waals surface area contributed by atoms with Crippen LogP contribution in [0.5, 0.6) is 11.5 Å². The fraction of sp³-hybridized carbons (Fsp3) is 0.500. The summed E-state index contributed by atoms with van der Waals surface area (Å²) in [6.45, 7) is 2.31. The van der Waals surface area contributed by atoms with Crippen molar-refractivity contribution in [2.75, 3.05) is 6.79 Å². The van der Waals surface area contributed by atoms with E-state index in [9.17, 15) is 5.11 Å². The van der Waals surface area contributed by atoms with Crippen LogP contribution in [-0.2, 0) is 6.42 Å². The Morgan fingerprint density at radius 3 is 2.88 bits per heavy atom. The summed E-state index contributed by atoms with van der Waals surface area (Å²) in [4.78, 5) is 0. The summed E-state index contributed by atoms with van der Waals surface area (Å²) in [6.07, 6.45) is 2.42. The second-order valence-electron chi connectivity index (χ2n) is 4.60. The molecule has 1 N–H and O–H groups in total. The predicted molar refractivity (Wildman–Crippen MR) is 62.9 cm³/mol. The zero-order valence-electron chi connectivity index (χ0n) is 9.05. The van der Waals surface area contributed by atoms with Gasteiger partial charge in [-0.05, 0) is 31.4 Å². The Hall–Kier alpha value is -0.740. The van der Waals surface area contributed by atoms with Crippen molar-refractivity contribution in [3.05, 3.63) is 21.7 Å². The quantitative estimate of drug-likeness (QED) is 0.907. The van der Waals surface area contributed by atoms with Gasteiger partial charge < -0.3 is 14.6 Å². The van der Waals surface area contributed by atoms with Gasteiger partial charge in [0, 0.05) is 16.5 Å². The van der Waals surface area contributed by atoms with Crippen LogP contribution in [0.25, 0.3) is 0 Å². The summed E-state index contributed by atoms with van der Waals surface area (Å²) in [5.74, 6) is 1.58. The Balaban J connectivity index is 2.07. The van der Waals surface area contributed by atoms with Gasteiger partial charge in [0.25, 0.3) is 0 Å². The van der Waals surface area contributed by atoms with Crippen molar-refractivity contribution < 1.29 is 14.6 Å². The molecule has 2 aliphatic rings. The van der Waals surface area contributed by atoms with Crippen molar-refractivity contribution in [1.29, 1.82) is 0 Å². The molecule has 1 aliphatic carbocycles. The molecule has 1 saturated carbocycles. The van der Waals surface area contributed by atoms with E-state index in [0.717, 1.165) is 39.9 Å². The second kappa shape index (κ2) is 3.37. The molecule has 0 aromatic heterocycles. The fourth-order valence-corrected chi connectivity index (χ4v) is 2.48. The van der Waals surface area contributed by atoms with Crippen molar-refractivity contribution in [3.63, 3.8) is 0 Å². The van der Waals surface area contributed by atoms with Gasteiger partial charge in [0.1, 0.15) is 0 Å². The summed E-state index contributed by atoms with van der Waals surface area (Å²) in [5.41, 5.74) is 1.69. The van der Waals surface area contributed by atoms with Gasteiger partial charge in [-0.3, -0.25) is 0 Å².